The third kappa shape index (κ3) is 3.56. The van der Waals surface area contributed by atoms with Crippen molar-refractivity contribution in [2.24, 2.45) is 0 Å². The molecule has 24 heavy (non-hydrogen) atoms. The molecule has 4 nitrogen and oxygen atoms in total. The van der Waals surface area contributed by atoms with Crippen LogP contribution in [0, 0.1) is 0 Å². The molecule has 1 amide bonds. The lowest BCUT2D eigenvalue weighted by Crippen LogP contribution is -2.47. The molecule has 0 saturated carbocycles. The second-order valence-corrected chi connectivity index (χ2v) is 6.07. The van der Waals surface area contributed by atoms with E-state index in [-0.39, 0.29) is 30.5 Å². The fraction of sp³-hybridized carbons (Fsp3) is 0.471. The first-order chi connectivity index (χ1) is 11.5. The number of hydrogen-bond donors (Lipinski definition) is 3. The third-order valence-electron chi connectivity index (χ3n) is 4.40. The number of rotatable bonds is 4. The number of carbonyl (C=O) groups excluding carboxylic acids is 1. The van der Waals surface area contributed by atoms with Crippen LogP contribution in [0.4, 0.5) is 13.2 Å². The van der Waals surface area contributed by atoms with Gasteiger partial charge < -0.3 is 15.6 Å². The first kappa shape index (κ1) is 16.8. The Labute approximate surface area is 137 Å². The minimum absolute atomic E-state index is 0.136. The van der Waals surface area contributed by atoms with E-state index in [0.717, 1.165) is 25.8 Å². The molecule has 0 bridgehead atoms. The first-order valence-corrected chi connectivity index (χ1v) is 8.14. The highest BCUT2D eigenvalue weighted by Crippen LogP contribution is 2.35. The Morgan fingerprint density at radius 3 is 2.75 bits per heavy atom. The van der Waals surface area contributed by atoms with Gasteiger partial charge in [0.25, 0.3) is 0 Å². The summed E-state index contributed by atoms with van der Waals surface area (Å²) in [5.74, 6) is -0.136. The van der Waals surface area contributed by atoms with Crippen LogP contribution in [0.25, 0.3) is 10.9 Å². The quantitative estimate of drug-likeness (QED) is 0.802. The predicted octanol–water partition coefficient (Wildman–Crippen LogP) is 2.99. The molecule has 0 radical (unpaired) electrons. The van der Waals surface area contributed by atoms with E-state index in [2.05, 4.69) is 15.6 Å². The van der Waals surface area contributed by atoms with Gasteiger partial charge in [-0.05, 0) is 37.4 Å². The van der Waals surface area contributed by atoms with Crippen LogP contribution in [-0.2, 0) is 17.4 Å². The normalized spacial score (nSPS) is 18.7. The van der Waals surface area contributed by atoms with Crippen LogP contribution in [0.3, 0.4) is 0 Å². The highest BCUT2D eigenvalue weighted by Gasteiger charge is 2.36. The van der Waals surface area contributed by atoms with Crippen molar-refractivity contribution in [2.75, 3.05) is 13.1 Å². The summed E-state index contributed by atoms with van der Waals surface area (Å²) in [6.45, 7) is 0.987. The van der Waals surface area contributed by atoms with Crippen molar-refractivity contribution in [3.8, 4) is 0 Å². The lowest BCUT2D eigenvalue weighted by atomic mass is 10.0. The Balaban J connectivity index is 1.71. The molecule has 1 saturated heterocycles. The second-order valence-electron chi connectivity index (χ2n) is 6.07. The van der Waals surface area contributed by atoms with Gasteiger partial charge in [0, 0.05) is 17.4 Å². The molecule has 1 fully saturated rings. The third-order valence-corrected chi connectivity index (χ3v) is 4.40. The molecule has 0 unspecified atom stereocenters. The zero-order valence-corrected chi connectivity index (χ0v) is 13.2. The minimum Gasteiger partial charge on any atom is -0.354 e. The molecule has 1 aromatic carbocycles. The molecule has 3 N–H and O–H groups in total. The Kier molecular flexibility index (Phi) is 4.80. The van der Waals surface area contributed by atoms with E-state index in [4.69, 9.17) is 0 Å². The van der Waals surface area contributed by atoms with Gasteiger partial charge in [-0.25, -0.2) is 0 Å². The number of para-hydroxylation sites is 1. The average molecular weight is 339 g/mol. The number of benzene rings is 1. The van der Waals surface area contributed by atoms with Gasteiger partial charge in [0.1, 0.15) is 5.69 Å². The molecule has 1 atom stereocenters. The van der Waals surface area contributed by atoms with Gasteiger partial charge in [0.15, 0.2) is 0 Å². The summed E-state index contributed by atoms with van der Waals surface area (Å²) in [6.07, 6.45) is -1.49. The summed E-state index contributed by atoms with van der Waals surface area (Å²) in [4.78, 5) is 14.5. The van der Waals surface area contributed by atoms with E-state index < -0.39 is 11.9 Å². The number of aromatic amines is 1. The number of amides is 1. The summed E-state index contributed by atoms with van der Waals surface area (Å²) in [5, 5.41) is 6.43. The Bertz CT molecular complexity index is 717. The summed E-state index contributed by atoms with van der Waals surface area (Å²) in [7, 11) is 0. The standard InChI is InChI=1S/C17H20F3N3O/c18-17(19,20)15-12(11-5-1-2-6-13(11)23-15)8-10-22-16(24)14-7-3-4-9-21-14/h1-2,5-6,14,21,23H,3-4,7-10H2,(H,22,24)/t14-/m0/s1. The van der Waals surface area contributed by atoms with E-state index in [1.165, 1.54) is 0 Å². The molecular weight excluding hydrogens is 319 g/mol. The van der Waals surface area contributed by atoms with Crippen molar-refractivity contribution in [1.29, 1.82) is 0 Å². The molecular formula is C17H20F3N3O. The molecule has 7 heteroatoms. The van der Waals surface area contributed by atoms with Crippen molar-refractivity contribution >= 4 is 16.8 Å². The van der Waals surface area contributed by atoms with Crippen LogP contribution in [0.2, 0.25) is 0 Å². The lowest BCUT2D eigenvalue weighted by molar-refractivity contribution is -0.141. The molecule has 0 spiro atoms. The lowest BCUT2D eigenvalue weighted by Gasteiger charge is -2.22. The average Bonchev–Trinajstić information content (AvgIpc) is 2.95. The number of alkyl halides is 3. The number of fused-ring (bicyclic) bond motifs is 1. The largest absolute Gasteiger partial charge is 0.431 e. The highest BCUT2D eigenvalue weighted by molar-refractivity contribution is 5.85. The number of nitrogens with one attached hydrogen (secondary N) is 3. The molecule has 3 rings (SSSR count). The summed E-state index contributed by atoms with van der Waals surface area (Å²) < 4.78 is 39.7. The van der Waals surface area contributed by atoms with Crippen molar-refractivity contribution in [2.45, 2.75) is 37.9 Å². The topological polar surface area (TPSA) is 56.9 Å². The monoisotopic (exact) mass is 339 g/mol. The Hall–Kier alpha value is -2.02. The van der Waals surface area contributed by atoms with E-state index in [9.17, 15) is 18.0 Å². The molecule has 0 aliphatic carbocycles. The van der Waals surface area contributed by atoms with Gasteiger partial charge in [-0.2, -0.15) is 13.2 Å². The molecule has 2 heterocycles. The first-order valence-electron chi connectivity index (χ1n) is 8.14. The zero-order chi connectivity index (χ0) is 17.2. The Morgan fingerprint density at radius 2 is 2.04 bits per heavy atom. The number of H-pyrrole nitrogens is 1. The van der Waals surface area contributed by atoms with Crippen LogP contribution < -0.4 is 10.6 Å². The van der Waals surface area contributed by atoms with Crippen LogP contribution in [0.1, 0.15) is 30.5 Å². The number of hydrogen-bond acceptors (Lipinski definition) is 2. The maximum atomic E-state index is 13.2. The van der Waals surface area contributed by atoms with E-state index in [1.54, 1.807) is 24.3 Å². The molecule has 1 aliphatic rings. The van der Waals surface area contributed by atoms with Crippen molar-refractivity contribution in [3.05, 3.63) is 35.5 Å². The van der Waals surface area contributed by atoms with Gasteiger partial charge in [-0.1, -0.05) is 24.6 Å². The predicted molar refractivity (Wildman–Crippen MR) is 85.7 cm³/mol. The van der Waals surface area contributed by atoms with Crippen molar-refractivity contribution < 1.29 is 18.0 Å². The van der Waals surface area contributed by atoms with Crippen LogP contribution in [0.5, 0.6) is 0 Å². The minimum atomic E-state index is -4.44. The molecule has 1 aliphatic heterocycles. The zero-order valence-electron chi connectivity index (χ0n) is 13.2. The van der Waals surface area contributed by atoms with Crippen molar-refractivity contribution in [3.63, 3.8) is 0 Å². The van der Waals surface area contributed by atoms with Crippen LogP contribution in [-0.4, -0.2) is 30.0 Å². The highest BCUT2D eigenvalue weighted by atomic mass is 19.4. The number of piperidine rings is 1. The SMILES string of the molecule is O=C(NCCc1c(C(F)(F)F)[nH]c2ccccc12)[C@@H]1CCCCN1. The van der Waals surface area contributed by atoms with Gasteiger partial charge in [0.05, 0.1) is 6.04 Å². The molecule has 1 aromatic heterocycles. The maximum absolute atomic E-state index is 13.2. The van der Waals surface area contributed by atoms with Crippen molar-refractivity contribution in [1.82, 2.24) is 15.6 Å². The van der Waals surface area contributed by atoms with Gasteiger partial charge in [-0.3, -0.25) is 4.79 Å². The van der Waals surface area contributed by atoms with E-state index >= 15 is 0 Å². The Morgan fingerprint density at radius 1 is 1.25 bits per heavy atom. The van der Waals surface area contributed by atoms with E-state index in [1.807, 2.05) is 0 Å². The van der Waals surface area contributed by atoms with Gasteiger partial charge >= 0.3 is 6.18 Å². The van der Waals surface area contributed by atoms with Crippen LogP contribution in [0.15, 0.2) is 24.3 Å². The fourth-order valence-corrected chi connectivity index (χ4v) is 3.21. The van der Waals surface area contributed by atoms with E-state index in [0.29, 0.717) is 10.9 Å². The summed E-state index contributed by atoms with van der Waals surface area (Å²) >= 11 is 0. The molecule has 2 aromatic rings. The smallest absolute Gasteiger partial charge is 0.354 e. The second kappa shape index (κ2) is 6.84. The molecule has 130 valence electrons. The fourth-order valence-electron chi connectivity index (χ4n) is 3.21. The maximum Gasteiger partial charge on any atom is 0.431 e. The summed E-state index contributed by atoms with van der Waals surface area (Å²) in [6, 6.07) is 6.46. The number of carbonyl (C=O) groups is 1. The van der Waals surface area contributed by atoms with Gasteiger partial charge in [0.2, 0.25) is 5.91 Å². The van der Waals surface area contributed by atoms with Gasteiger partial charge in [-0.15, -0.1) is 0 Å². The summed E-state index contributed by atoms with van der Waals surface area (Å²) in [5.41, 5.74) is -0.0659. The number of aromatic nitrogens is 1. The number of halogens is 3. The van der Waals surface area contributed by atoms with Crippen LogP contribution >= 0.6 is 0 Å².